The number of hydrogen-bond donors (Lipinski definition) is 1. The van der Waals surface area contributed by atoms with Crippen molar-refractivity contribution in [3.05, 3.63) is 113 Å². The van der Waals surface area contributed by atoms with Crippen LogP contribution in [0.2, 0.25) is 0 Å². The minimum Gasteiger partial charge on any atom is -0.466 e. The number of rotatable bonds is 8. The number of hydrogen-bond acceptors (Lipinski definition) is 8. The Bertz CT molecular complexity index is 1590. The molecule has 0 saturated carbocycles. The molecule has 2 aromatic carbocycles. The van der Waals surface area contributed by atoms with Crippen LogP contribution in [0, 0.1) is 0 Å². The van der Waals surface area contributed by atoms with E-state index in [-0.39, 0.29) is 6.61 Å². The zero-order chi connectivity index (χ0) is 27.4. The first-order chi connectivity index (χ1) is 19.0. The van der Waals surface area contributed by atoms with Crippen LogP contribution in [0.5, 0.6) is 0 Å². The van der Waals surface area contributed by atoms with Crippen molar-refractivity contribution in [3.8, 4) is 0 Å². The van der Waals surface area contributed by atoms with Crippen LogP contribution in [-0.4, -0.2) is 40.2 Å². The van der Waals surface area contributed by atoms with Gasteiger partial charge in [0.2, 0.25) is 0 Å². The zero-order valence-corrected chi connectivity index (χ0v) is 21.9. The third-order valence-electron chi connectivity index (χ3n) is 6.61. The highest BCUT2D eigenvalue weighted by Crippen LogP contribution is 2.41. The van der Waals surface area contributed by atoms with E-state index in [1.807, 2.05) is 53.2 Å². The Morgan fingerprint density at radius 2 is 1.85 bits per heavy atom. The topological polar surface area (TPSA) is 108 Å². The molecule has 1 aliphatic heterocycles. The van der Waals surface area contributed by atoms with Crippen molar-refractivity contribution in [3.63, 3.8) is 0 Å². The summed E-state index contributed by atoms with van der Waals surface area (Å²) in [6.45, 7) is 4.36. The van der Waals surface area contributed by atoms with E-state index < -0.39 is 17.9 Å². The average Bonchev–Trinajstić information content (AvgIpc) is 3.63. The lowest BCUT2D eigenvalue weighted by Gasteiger charge is -2.30. The summed E-state index contributed by atoms with van der Waals surface area (Å²) < 4.78 is 18.4. The van der Waals surface area contributed by atoms with Crippen molar-refractivity contribution >= 4 is 29.1 Å². The minimum atomic E-state index is -0.755. The first kappa shape index (κ1) is 25.7. The number of dihydropyridines is 1. The van der Waals surface area contributed by atoms with Gasteiger partial charge >= 0.3 is 11.9 Å². The Labute approximate surface area is 225 Å². The number of aromatic nitrogens is 3. The van der Waals surface area contributed by atoms with Gasteiger partial charge in [0, 0.05) is 35.9 Å². The number of ether oxygens (including phenoxy) is 2. The SMILES string of the molecule is COC(=O)C1=C(C)NC(C)=C(C(=O)OCC=Cc2ccc(Cn3ccnc3)cc2)C1c1cccc2ncoc12. The Kier molecular flexibility index (Phi) is 7.40. The van der Waals surface area contributed by atoms with E-state index in [0.29, 0.717) is 39.2 Å². The number of carbonyl (C=O) groups excluding carboxylic acids is 2. The minimum absolute atomic E-state index is 0.0574. The van der Waals surface area contributed by atoms with Gasteiger partial charge < -0.3 is 23.8 Å². The fourth-order valence-electron chi connectivity index (χ4n) is 4.80. The van der Waals surface area contributed by atoms with E-state index in [4.69, 9.17) is 13.9 Å². The van der Waals surface area contributed by atoms with Gasteiger partial charge in [0.05, 0.1) is 30.5 Å². The molecule has 9 nitrogen and oxygen atoms in total. The summed E-state index contributed by atoms with van der Waals surface area (Å²) in [5.41, 5.74) is 5.68. The van der Waals surface area contributed by atoms with Crippen molar-refractivity contribution in [2.24, 2.45) is 0 Å². The lowest BCUT2D eigenvalue weighted by molar-refractivity contribution is -0.138. The van der Waals surface area contributed by atoms with Gasteiger partial charge in [0.15, 0.2) is 12.0 Å². The molecule has 39 heavy (non-hydrogen) atoms. The smallest absolute Gasteiger partial charge is 0.337 e. The van der Waals surface area contributed by atoms with Gasteiger partial charge in [-0.15, -0.1) is 0 Å². The molecule has 0 fully saturated rings. The van der Waals surface area contributed by atoms with Crippen LogP contribution in [0.25, 0.3) is 17.2 Å². The number of imidazole rings is 1. The van der Waals surface area contributed by atoms with Crippen LogP contribution in [-0.2, 0) is 25.6 Å². The quantitative estimate of drug-likeness (QED) is 0.330. The molecule has 0 saturated heterocycles. The van der Waals surface area contributed by atoms with Crippen LogP contribution in [0.4, 0.5) is 0 Å². The Balaban J connectivity index is 1.34. The van der Waals surface area contributed by atoms with Crippen molar-refractivity contribution in [1.29, 1.82) is 0 Å². The van der Waals surface area contributed by atoms with E-state index in [1.54, 1.807) is 38.5 Å². The highest BCUT2D eigenvalue weighted by Gasteiger charge is 2.39. The van der Waals surface area contributed by atoms with Crippen molar-refractivity contribution in [2.75, 3.05) is 13.7 Å². The van der Waals surface area contributed by atoms with Gasteiger partial charge in [-0.1, -0.05) is 42.5 Å². The molecule has 4 aromatic rings. The maximum absolute atomic E-state index is 13.5. The van der Waals surface area contributed by atoms with E-state index in [9.17, 15) is 9.59 Å². The van der Waals surface area contributed by atoms with Gasteiger partial charge in [-0.05, 0) is 37.1 Å². The molecular formula is C30H28N4O5. The number of benzene rings is 2. The number of fused-ring (bicyclic) bond motifs is 1. The first-order valence-corrected chi connectivity index (χ1v) is 12.4. The summed E-state index contributed by atoms with van der Waals surface area (Å²) in [6.07, 6.45) is 10.5. The summed E-state index contributed by atoms with van der Waals surface area (Å²) in [7, 11) is 1.31. The van der Waals surface area contributed by atoms with E-state index in [2.05, 4.69) is 15.3 Å². The van der Waals surface area contributed by atoms with Gasteiger partial charge in [0.25, 0.3) is 0 Å². The molecule has 1 aliphatic rings. The van der Waals surface area contributed by atoms with E-state index in [0.717, 1.165) is 17.7 Å². The Morgan fingerprint density at radius 3 is 2.56 bits per heavy atom. The lowest BCUT2D eigenvalue weighted by atomic mass is 9.80. The number of allylic oxidation sites excluding steroid dienone is 2. The van der Waals surface area contributed by atoms with Crippen molar-refractivity contribution in [2.45, 2.75) is 26.3 Å². The number of methoxy groups -OCH3 is 1. The molecule has 2 aromatic heterocycles. The van der Waals surface area contributed by atoms with Crippen LogP contribution in [0.15, 0.2) is 101 Å². The monoisotopic (exact) mass is 524 g/mol. The summed E-state index contributed by atoms with van der Waals surface area (Å²) in [5.74, 6) is -1.85. The van der Waals surface area contributed by atoms with Crippen LogP contribution in [0.1, 0.15) is 36.5 Å². The third kappa shape index (κ3) is 5.38. The van der Waals surface area contributed by atoms with Crippen LogP contribution < -0.4 is 5.32 Å². The third-order valence-corrected chi connectivity index (χ3v) is 6.61. The maximum atomic E-state index is 13.5. The number of esters is 2. The van der Waals surface area contributed by atoms with E-state index >= 15 is 0 Å². The molecule has 0 radical (unpaired) electrons. The first-order valence-electron chi connectivity index (χ1n) is 12.4. The molecule has 1 unspecified atom stereocenters. The van der Waals surface area contributed by atoms with Gasteiger partial charge in [0.1, 0.15) is 12.1 Å². The number of nitrogens with one attached hydrogen (secondary N) is 1. The molecule has 3 heterocycles. The molecular weight excluding hydrogens is 496 g/mol. The zero-order valence-electron chi connectivity index (χ0n) is 21.9. The Morgan fingerprint density at radius 1 is 1.08 bits per heavy atom. The normalized spacial score (nSPS) is 15.6. The number of para-hydroxylation sites is 1. The molecule has 9 heteroatoms. The predicted molar refractivity (Wildman–Crippen MR) is 145 cm³/mol. The summed E-state index contributed by atoms with van der Waals surface area (Å²) in [6, 6.07) is 13.5. The molecule has 0 spiro atoms. The Hall–Kier alpha value is -4.92. The average molecular weight is 525 g/mol. The van der Waals surface area contributed by atoms with Gasteiger partial charge in [-0.25, -0.2) is 19.6 Å². The van der Waals surface area contributed by atoms with Crippen LogP contribution >= 0.6 is 0 Å². The number of oxazole rings is 1. The largest absolute Gasteiger partial charge is 0.466 e. The second-order valence-corrected chi connectivity index (χ2v) is 9.15. The summed E-state index contributed by atoms with van der Waals surface area (Å²) in [5, 5.41) is 3.14. The van der Waals surface area contributed by atoms with Gasteiger partial charge in [-0.3, -0.25) is 0 Å². The van der Waals surface area contributed by atoms with Gasteiger partial charge in [-0.2, -0.15) is 0 Å². The van der Waals surface area contributed by atoms with Crippen molar-refractivity contribution < 1.29 is 23.5 Å². The molecule has 1 atom stereocenters. The highest BCUT2D eigenvalue weighted by molar-refractivity contribution is 6.01. The lowest BCUT2D eigenvalue weighted by Crippen LogP contribution is -2.32. The summed E-state index contributed by atoms with van der Waals surface area (Å²) >= 11 is 0. The second-order valence-electron chi connectivity index (χ2n) is 9.15. The summed E-state index contributed by atoms with van der Waals surface area (Å²) in [4.78, 5) is 34.6. The van der Waals surface area contributed by atoms with Crippen molar-refractivity contribution in [1.82, 2.24) is 19.9 Å². The highest BCUT2D eigenvalue weighted by atomic mass is 16.5. The van der Waals surface area contributed by atoms with E-state index in [1.165, 1.54) is 13.5 Å². The molecule has 198 valence electrons. The number of nitrogens with zero attached hydrogens (tertiary/aromatic N) is 3. The standard InChI is InChI=1S/C30H28N4O5/c1-19-25(29(35)37-3)27(23-7-4-8-24-28(23)39-18-32-24)26(20(2)33-19)30(36)38-15-5-6-21-9-11-22(12-10-21)16-34-14-13-31-17-34/h4-14,17-18,27,33H,15-16H2,1-3H3. The predicted octanol–water partition coefficient (Wildman–Crippen LogP) is 4.74. The molecule has 0 aliphatic carbocycles. The maximum Gasteiger partial charge on any atom is 0.337 e. The molecule has 0 bridgehead atoms. The second kappa shape index (κ2) is 11.2. The molecule has 0 amide bonds. The fourth-order valence-corrected chi connectivity index (χ4v) is 4.80. The molecule has 1 N–H and O–H groups in total. The number of carbonyl (C=O) groups is 2. The fraction of sp³-hybridized carbons (Fsp3) is 0.200. The molecule has 5 rings (SSSR count). The van der Waals surface area contributed by atoms with Crippen LogP contribution in [0.3, 0.4) is 0 Å².